The van der Waals surface area contributed by atoms with E-state index in [1.54, 1.807) is 35.5 Å². The fraction of sp³-hybridized carbons (Fsp3) is 0.639. The van der Waals surface area contributed by atoms with E-state index in [2.05, 4.69) is 36.4 Å². The van der Waals surface area contributed by atoms with E-state index in [0.717, 1.165) is 12.0 Å². The highest BCUT2D eigenvalue weighted by Gasteiger charge is 2.40. The van der Waals surface area contributed by atoms with Gasteiger partial charge in [-0.3, -0.25) is 23.7 Å². The number of benzene rings is 1. The average Bonchev–Trinajstić information content (AvgIpc) is 3.53. The van der Waals surface area contributed by atoms with E-state index in [0.29, 0.717) is 36.4 Å². The lowest BCUT2D eigenvalue weighted by Gasteiger charge is -2.34. The molecule has 51 heavy (non-hydrogen) atoms. The number of nitrogens with zero attached hydrogens (tertiary/aromatic N) is 2. The first-order valence-electron chi connectivity index (χ1n) is 17.6. The van der Waals surface area contributed by atoms with Crippen LogP contribution in [-0.4, -0.2) is 74.9 Å². The molecule has 15 heteroatoms. The van der Waals surface area contributed by atoms with Crippen molar-refractivity contribution >= 4 is 49.3 Å². The lowest BCUT2D eigenvalue weighted by molar-refractivity contribution is -0.148. The highest BCUT2D eigenvalue weighted by Crippen LogP contribution is 2.46. The molecule has 0 aliphatic carbocycles. The second-order valence-electron chi connectivity index (χ2n) is 14.4. The van der Waals surface area contributed by atoms with Crippen LogP contribution in [0, 0.1) is 17.8 Å². The molecule has 1 aliphatic heterocycles. The predicted molar refractivity (Wildman–Crippen MR) is 197 cm³/mol. The second-order valence-corrected chi connectivity index (χ2v) is 16.1. The van der Waals surface area contributed by atoms with Gasteiger partial charge in [-0.2, -0.15) is 0 Å². The van der Waals surface area contributed by atoms with Crippen molar-refractivity contribution in [1.29, 1.82) is 0 Å². The van der Waals surface area contributed by atoms with Crippen molar-refractivity contribution in [3.63, 3.8) is 0 Å². The summed E-state index contributed by atoms with van der Waals surface area (Å²) in [5.74, 6) is -0.537. The topological polar surface area (TPSA) is 177 Å². The third-order valence-corrected chi connectivity index (χ3v) is 10.9. The van der Waals surface area contributed by atoms with E-state index in [1.807, 2.05) is 20.8 Å². The second kappa shape index (κ2) is 19.1. The maximum Gasteiger partial charge on any atom is 0.395 e. The summed E-state index contributed by atoms with van der Waals surface area (Å²) in [4.78, 5) is 68.7. The molecule has 0 saturated carbocycles. The number of aliphatic hydroxyl groups is 1. The van der Waals surface area contributed by atoms with Gasteiger partial charge in [-0.15, -0.1) is 11.3 Å². The number of anilines is 1. The number of carbonyl (C=O) groups excluding carboxylic acids is 4. The SMILES string of the molecule is CC[C@H](C)CC(=O)N(C)C(C[C@@H](OC(C)=O)c1nc(C(=O)N[C@@H](Cc2ccc3c(c2)NC(=O)C(C)(CCO)OP(O)O3)CC(C)C)cs1)C(C)C. The number of carbonyl (C=O) groups is 4. The van der Waals surface area contributed by atoms with Crippen LogP contribution in [0.5, 0.6) is 5.75 Å². The largest absolute Gasteiger partial charge is 0.455 e. The monoisotopic (exact) mass is 750 g/mol. The number of aliphatic hydroxyl groups excluding tert-OH is 1. The first kappa shape index (κ1) is 42.3. The molecule has 1 aliphatic rings. The van der Waals surface area contributed by atoms with E-state index in [1.165, 1.54) is 25.2 Å². The zero-order chi connectivity index (χ0) is 38.0. The molecule has 2 aromatic rings. The summed E-state index contributed by atoms with van der Waals surface area (Å²) >= 11 is 1.23. The van der Waals surface area contributed by atoms with Gasteiger partial charge in [-0.1, -0.05) is 54.0 Å². The Labute approximate surface area is 306 Å². The fourth-order valence-corrected chi connectivity index (χ4v) is 7.66. The quantitative estimate of drug-likeness (QED) is 0.108. The van der Waals surface area contributed by atoms with Crippen molar-refractivity contribution in [2.24, 2.45) is 17.8 Å². The van der Waals surface area contributed by atoms with Gasteiger partial charge in [0, 0.05) is 57.3 Å². The van der Waals surface area contributed by atoms with Crippen molar-refractivity contribution in [1.82, 2.24) is 15.2 Å². The lowest BCUT2D eigenvalue weighted by atomic mass is 9.95. The van der Waals surface area contributed by atoms with E-state index in [-0.39, 0.29) is 66.1 Å². The van der Waals surface area contributed by atoms with Crippen molar-refractivity contribution in [2.45, 2.75) is 118 Å². The van der Waals surface area contributed by atoms with Crippen LogP contribution in [0.25, 0.3) is 0 Å². The number of rotatable bonds is 17. The van der Waals surface area contributed by atoms with Crippen LogP contribution < -0.4 is 15.2 Å². The molecule has 13 nitrogen and oxygen atoms in total. The Balaban J connectivity index is 1.80. The third kappa shape index (κ3) is 12.2. The molecule has 284 valence electrons. The zero-order valence-corrected chi connectivity index (χ0v) is 32.9. The molecule has 1 aromatic carbocycles. The van der Waals surface area contributed by atoms with E-state index >= 15 is 0 Å². The third-order valence-electron chi connectivity index (χ3n) is 9.06. The summed E-state index contributed by atoms with van der Waals surface area (Å²) in [6.45, 7) is 14.8. The highest BCUT2D eigenvalue weighted by molar-refractivity contribution is 7.41. The molecule has 4 N–H and O–H groups in total. The number of nitrogens with one attached hydrogen (secondary N) is 2. The number of fused-ring (bicyclic) bond motifs is 1. The smallest absolute Gasteiger partial charge is 0.395 e. The van der Waals surface area contributed by atoms with Gasteiger partial charge in [0.1, 0.15) is 10.7 Å². The molecular formula is C36H55N4O9PS. The Morgan fingerprint density at radius 3 is 2.49 bits per heavy atom. The molecule has 0 spiro atoms. The average molecular weight is 751 g/mol. The van der Waals surface area contributed by atoms with Crippen molar-refractivity contribution in [2.75, 3.05) is 19.0 Å². The number of hydrogen-bond acceptors (Lipinski definition) is 11. The lowest BCUT2D eigenvalue weighted by Crippen LogP contribution is -2.43. The standard InChI is InChI=1S/C36H55N4O9PS/c1-10-23(6)16-32(43)40(9)29(22(4)5)19-31(47-24(7)42)34-38-28(20-51-34)33(44)37-26(15-21(2)3)17-25-11-12-30-27(18-25)39-35(45)36(8,13-14-41)49-50(46)48-30/h11-12,18,20-23,26,29,31,41,46H,10,13-17,19H2,1-9H3,(H,37,44)(H,39,45)/t23-,26+,29?,31+,36?,50?/m0/s1. The normalized spacial score (nSPS) is 19.9. The minimum Gasteiger partial charge on any atom is -0.455 e. The number of amides is 3. The molecule has 2 heterocycles. The molecule has 0 radical (unpaired) electrons. The maximum absolute atomic E-state index is 13.6. The number of esters is 1. The summed E-state index contributed by atoms with van der Waals surface area (Å²) in [5.41, 5.74) is -0.152. The van der Waals surface area contributed by atoms with Gasteiger partial charge < -0.3 is 34.8 Å². The Bertz CT molecular complexity index is 1500. The number of thiazole rings is 1. The molecule has 1 aromatic heterocycles. The predicted octanol–water partition coefficient (Wildman–Crippen LogP) is 6.15. The summed E-state index contributed by atoms with van der Waals surface area (Å²) in [6.07, 6.45) is 1.97. The first-order valence-corrected chi connectivity index (χ1v) is 19.6. The minimum absolute atomic E-state index is 0.0348. The zero-order valence-electron chi connectivity index (χ0n) is 31.2. The first-order chi connectivity index (χ1) is 24.0. The molecule has 3 amide bonds. The van der Waals surface area contributed by atoms with Crippen LogP contribution >= 0.6 is 19.9 Å². The minimum atomic E-state index is -2.43. The van der Waals surface area contributed by atoms with E-state index in [4.69, 9.17) is 13.8 Å². The Morgan fingerprint density at radius 2 is 1.88 bits per heavy atom. The Kier molecular flexibility index (Phi) is 15.8. The van der Waals surface area contributed by atoms with Crippen LogP contribution in [0.15, 0.2) is 23.6 Å². The van der Waals surface area contributed by atoms with Crippen LogP contribution in [0.1, 0.15) is 115 Å². The molecule has 0 fully saturated rings. The van der Waals surface area contributed by atoms with Gasteiger partial charge in [-0.25, -0.2) is 4.98 Å². The van der Waals surface area contributed by atoms with Crippen LogP contribution in [0.3, 0.4) is 0 Å². The van der Waals surface area contributed by atoms with Crippen molar-refractivity contribution in [3.05, 3.63) is 39.8 Å². The van der Waals surface area contributed by atoms with Crippen molar-refractivity contribution in [3.8, 4) is 5.75 Å². The molecule has 6 atom stereocenters. The highest BCUT2D eigenvalue weighted by atomic mass is 32.1. The number of aromatic nitrogens is 1. The van der Waals surface area contributed by atoms with E-state index < -0.39 is 32.2 Å². The van der Waals surface area contributed by atoms with Crippen LogP contribution in [0.4, 0.5) is 5.69 Å². The van der Waals surface area contributed by atoms with Gasteiger partial charge in [0.05, 0.1) is 5.69 Å². The summed E-state index contributed by atoms with van der Waals surface area (Å²) in [7, 11) is -0.644. The molecule has 3 rings (SSSR count). The van der Waals surface area contributed by atoms with Gasteiger partial charge in [0.25, 0.3) is 11.8 Å². The van der Waals surface area contributed by atoms with Gasteiger partial charge in [0.15, 0.2) is 17.5 Å². The number of hydrogen-bond donors (Lipinski definition) is 4. The molecule has 0 bridgehead atoms. The van der Waals surface area contributed by atoms with Crippen molar-refractivity contribution < 1.29 is 43.0 Å². The summed E-state index contributed by atoms with van der Waals surface area (Å²) in [5, 5.41) is 17.5. The van der Waals surface area contributed by atoms with Gasteiger partial charge in [-0.05, 0) is 55.2 Å². The summed E-state index contributed by atoms with van der Waals surface area (Å²) in [6, 6.07) is 4.64. The molecular weight excluding hydrogens is 695 g/mol. The van der Waals surface area contributed by atoms with Crippen LogP contribution in [-0.2, 0) is 30.1 Å². The van der Waals surface area contributed by atoms with Gasteiger partial charge >= 0.3 is 14.6 Å². The fourth-order valence-electron chi connectivity index (χ4n) is 5.94. The Hall–Kier alpha value is -3.16. The van der Waals surface area contributed by atoms with Crippen LogP contribution in [0.2, 0.25) is 0 Å². The van der Waals surface area contributed by atoms with Gasteiger partial charge in [0.2, 0.25) is 5.91 Å². The van der Waals surface area contributed by atoms with E-state index in [9.17, 15) is 29.2 Å². The Morgan fingerprint density at radius 1 is 1.18 bits per heavy atom. The molecule has 3 unspecified atom stereocenters. The summed E-state index contributed by atoms with van der Waals surface area (Å²) < 4.78 is 16.7. The molecule has 0 saturated heterocycles. The maximum atomic E-state index is 13.6. The number of ether oxygens (including phenoxy) is 1.